The van der Waals surface area contributed by atoms with E-state index in [1.165, 1.54) is 31.4 Å². The monoisotopic (exact) mass is 774 g/mol. The van der Waals surface area contributed by atoms with Crippen LogP contribution in [0.1, 0.15) is 54.3 Å². The maximum Gasteiger partial charge on any atom is 0.261 e. The first-order valence-electron chi connectivity index (χ1n) is 18.5. The molecule has 4 heterocycles. The number of carbonyl (C=O) groups is 4. The molecule has 0 saturated heterocycles. The van der Waals surface area contributed by atoms with Crippen molar-refractivity contribution in [2.75, 3.05) is 48.3 Å². The van der Waals surface area contributed by atoms with Crippen molar-refractivity contribution in [2.45, 2.75) is 25.9 Å². The van der Waals surface area contributed by atoms with Crippen LogP contribution in [-0.2, 0) is 20.1 Å². The summed E-state index contributed by atoms with van der Waals surface area (Å²) in [6, 6.07) is 18.7. The van der Waals surface area contributed by atoms with E-state index in [2.05, 4.69) is 24.8 Å². The predicted octanol–water partition coefficient (Wildman–Crippen LogP) is 5.51. The smallest absolute Gasteiger partial charge is 0.261 e. The number of hydrogen-bond donors (Lipinski definition) is 3. The van der Waals surface area contributed by atoms with Gasteiger partial charge in [-0.15, -0.1) is 0 Å². The third-order valence-electron chi connectivity index (χ3n) is 10.1. The summed E-state index contributed by atoms with van der Waals surface area (Å²) < 4.78 is 6.23. The number of nitrogens with one attached hydrogen (secondary N) is 3. The van der Waals surface area contributed by atoms with E-state index in [9.17, 15) is 19.2 Å². The zero-order valence-corrected chi connectivity index (χ0v) is 32.1. The molecular weight excluding hydrogens is 733 g/mol. The van der Waals surface area contributed by atoms with E-state index in [0.717, 1.165) is 61.2 Å². The Bertz CT molecular complexity index is 2380. The number of imide groups is 2. The van der Waals surface area contributed by atoms with Crippen molar-refractivity contribution in [3.63, 3.8) is 0 Å². The number of aryl methyl sites for hydroxylation is 3. The lowest BCUT2D eigenvalue weighted by molar-refractivity contribution is -0.695. The van der Waals surface area contributed by atoms with Crippen molar-refractivity contribution in [3.05, 3.63) is 120 Å². The van der Waals surface area contributed by atoms with E-state index < -0.39 is 0 Å². The van der Waals surface area contributed by atoms with Crippen molar-refractivity contribution in [1.82, 2.24) is 19.4 Å². The highest BCUT2D eigenvalue weighted by Gasteiger charge is 2.34. The highest BCUT2D eigenvalue weighted by atomic mass is 33.1. The summed E-state index contributed by atoms with van der Waals surface area (Å²) >= 11 is 0. The van der Waals surface area contributed by atoms with Gasteiger partial charge in [0.1, 0.15) is 24.8 Å². The fraction of sp³-hybridized carbons (Fsp3) is 0.268. The first-order valence-corrected chi connectivity index (χ1v) is 21.0. The predicted molar refractivity (Wildman–Crippen MR) is 216 cm³/mol. The molecule has 55 heavy (non-hydrogen) atoms. The second-order valence-corrected chi connectivity index (χ2v) is 16.4. The molecule has 6 aromatic rings. The first-order chi connectivity index (χ1) is 26.9. The number of nitrogens with zero attached hydrogens (tertiary/aromatic N) is 5. The Morgan fingerprint density at radius 2 is 1.20 bits per heavy atom. The van der Waals surface area contributed by atoms with E-state index in [0.29, 0.717) is 44.5 Å². The maximum atomic E-state index is 13.6. The summed E-state index contributed by atoms with van der Waals surface area (Å²) in [4.78, 5) is 60.2. The quantitative estimate of drug-likeness (QED) is 0.0480. The van der Waals surface area contributed by atoms with Gasteiger partial charge in [0, 0.05) is 106 Å². The van der Waals surface area contributed by atoms with E-state index in [1.54, 1.807) is 12.1 Å². The number of carbonyl (C=O) groups excluding carboxylic acids is 4. The van der Waals surface area contributed by atoms with Crippen LogP contribution in [0.3, 0.4) is 0 Å². The normalized spacial score (nSPS) is 13.8. The highest BCUT2D eigenvalue weighted by Crippen LogP contribution is 2.36. The molecule has 2 aliphatic heterocycles. The summed E-state index contributed by atoms with van der Waals surface area (Å²) in [6.07, 6.45) is 13.7. The largest absolute Gasteiger partial charge is 0.384 e. The molecule has 0 bridgehead atoms. The van der Waals surface area contributed by atoms with Crippen LogP contribution in [0.15, 0.2) is 98.1 Å². The van der Waals surface area contributed by atoms with Gasteiger partial charge in [-0.3, -0.25) is 34.0 Å². The summed E-state index contributed by atoms with van der Waals surface area (Å²) in [5.41, 5.74) is 3.91. The summed E-state index contributed by atoms with van der Waals surface area (Å²) in [6.45, 7) is 3.75. The van der Waals surface area contributed by atoms with Gasteiger partial charge in [0.15, 0.2) is 0 Å². The molecule has 0 atom stereocenters. The fourth-order valence-electron chi connectivity index (χ4n) is 7.44. The highest BCUT2D eigenvalue weighted by molar-refractivity contribution is 8.76. The Hall–Kier alpha value is -5.60. The summed E-state index contributed by atoms with van der Waals surface area (Å²) in [7, 11) is 5.03. The Kier molecular flexibility index (Phi) is 10.6. The average molecular weight is 775 g/mol. The van der Waals surface area contributed by atoms with E-state index >= 15 is 0 Å². The molecule has 12 nitrogen and oxygen atoms in total. The van der Waals surface area contributed by atoms with Crippen LogP contribution in [-0.4, -0.2) is 80.7 Å². The van der Waals surface area contributed by atoms with Gasteiger partial charge < -0.3 is 10.6 Å². The Morgan fingerprint density at radius 1 is 0.655 bits per heavy atom. The number of amides is 4. The second kappa shape index (κ2) is 16.0. The molecule has 0 unspecified atom stereocenters. The van der Waals surface area contributed by atoms with Gasteiger partial charge in [-0.25, -0.2) is 13.7 Å². The molecule has 0 aliphatic carbocycles. The maximum absolute atomic E-state index is 13.6. The van der Waals surface area contributed by atoms with Crippen LogP contribution >= 0.6 is 21.6 Å². The molecule has 14 heteroatoms. The Labute approximate surface area is 326 Å². The number of aromatic amines is 1. The van der Waals surface area contributed by atoms with Crippen LogP contribution in [0.25, 0.3) is 21.5 Å². The van der Waals surface area contributed by atoms with Gasteiger partial charge in [-0.1, -0.05) is 45.9 Å². The van der Waals surface area contributed by atoms with Crippen molar-refractivity contribution in [1.29, 1.82) is 0 Å². The lowest BCUT2D eigenvalue weighted by Gasteiger charge is -2.28. The van der Waals surface area contributed by atoms with E-state index in [4.69, 9.17) is 0 Å². The molecule has 0 saturated carbocycles. The number of hydrogen-bond acceptors (Lipinski definition) is 8. The van der Waals surface area contributed by atoms with Crippen LogP contribution in [0.4, 0.5) is 11.4 Å². The number of benzene rings is 4. The third kappa shape index (κ3) is 7.31. The van der Waals surface area contributed by atoms with Crippen molar-refractivity contribution in [2.24, 2.45) is 7.05 Å². The minimum Gasteiger partial charge on any atom is -0.384 e. The van der Waals surface area contributed by atoms with E-state index in [-0.39, 0.29) is 36.7 Å². The Balaban J connectivity index is 0.834. The SMILES string of the molecule is C[n+]1ccn(CCCNc2ccc3c4c(cccc24)C(=O)N(CCSSCCN2C(=O)c4cccc5c(NCCC[n+]6cc[nH]c6)ccc(c45)C2=O)C3=O)c1. The standard InChI is InChI=1S/C41H40N8O4S2/c1-45-20-21-47(27-45)18-5-15-44-35-13-11-33-37-29(35)7-3-9-31(37)39(51)49(41(33)53)23-25-55-54-24-22-48-38(50)30-8-2-6-28-34(12-10-32(36(28)30)40(48)52)43-14-4-17-46-19-16-42-26-46/h2-3,6-13,16,19-21,26-27H,4-5,14-15,17-18,22-25H2,1H3,(H-,43,44,50,51,52,53)/p+2. The molecule has 2 aromatic heterocycles. The van der Waals surface area contributed by atoms with Gasteiger partial charge in [-0.2, -0.15) is 0 Å². The van der Waals surface area contributed by atoms with Gasteiger partial charge in [0.2, 0.25) is 12.7 Å². The van der Waals surface area contributed by atoms with Crippen molar-refractivity contribution in [3.8, 4) is 0 Å². The molecule has 8 rings (SSSR count). The fourth-order valence-corrected chi connectivity index (χ4v) is 9.35. The molecule has 4 amide bonds. The minimum atomic E-state index is -0.295. The lowest BCUT2D eigenvalue weighted by atomic mass is 9.93. The number of anilines is 2. The summed E-state index contributed by atoms with van der Waals surface area (Å²) in [5.74, 6) is -0.157. The van der Waals surface area contributed by atoms with E-state index in [1.807, 2.05) is 97.6 Å². The lowest BCUT2D eigenvalue weighted by Crippen LogP contribution is -2.42. The average Bonchev–Trinajstić information content (AvgIpc) is 3.88. The number of rotatable bonds is 17. The molecule has 0 fully saturated rings. The molecular formula is C41H42N8O4S2+2. The number of H-pyrrole nitrogens is 1. The topological polar surface area (TPSA) is 127 Å². The van der Waals surface area contributed by atoms with Crippen LogP contribution in [0.5, 0.6) is 0 Å². The summed E-state index contributed by atoms with van der Waals surface area (Å²) in [5, 5.41) is 10.1. The van der Waals surface area contributed by atoms with Crippen molar-refractivity contribution < 1.29 is 28.3 Å². The van der Waals surface area contributed by atoms with Crippen molar-refractivity contribution >= 4 is 78.1 Å². The zero-order chi connectivity index (χ0) is 37.9. The first kappa shape index (κ1) is 36.4. The zero-order valence-electron chi connectivity index (χ0n) is 30.5. The van der Waals surface area contributed by atoms with Gasteiger partial charge in [0.05, 0.1) is 20.1 Å². The number of aromatic nitrogens is 4. The third-order valence-corrected chi connectivity index (χ3v) is 12.5. The molecule has 280 valence electrons. The molecule has 0 spiro atoms. The van der Waals surface area contributed by atoms with Crippen LogP contribution < -0.4 is 19.8 Å². The van der Waals surface area contributed by atoms with Gasteiger partial charge in [0.25, 0.3) is 23.6 Å². The molecule has 0 radical (unpaired) electrons. The molecule has 3 N–H and O–H groups in total. The molecule has 2 aliphatic rings. The minimum absolute atomic E-state index is 0.250. The Morgan fingerprint density at radius 3 is 1.71 bits per heavy atom. The van der Waals surface area contributed by atoms with Gasteiger partial charge >= 0.3 is 0 Å². The second-order valence-electron chi connectivity index (χ2n) is 13.7. The van der Waals surface area contributed by atoms with Crippen LogP contribution in [0, 0.1) is 0 Å². The molecule has 4 aromatic carbocycles. The van der Waals surface area contributed by atoms with Gasteiger partial charge in [-0.05, 0) is 36.4 Å². The number of imidazole rings is 2. The van der Waals surface area contributed by atoms with Crippen LogP contribution in [0.2, 0.25) is 0 Å².